The van der Waals surface area contributed by atoms with Gasteiger partial charge >= 0.3 is 0 Å². The topological polar surface area (TPSA) is 37.4 Å². The van der Waals surface area contributed by atoms with E-state index in [4.69, 9.17) is 0 Å². The van der Waals surface area contributed by atoms with Gasteiger partial charge in [-0.15, -0.1) is 0 Å². The van der Waals surface area contributed by atoms with Gasteiger partial charge < -0.3 is 4.90 Å². The van der Waals surface area contributed by atoms with Crippen LogP contribution in [-0.2, 0) is 11.2 Å². The maximum absolute atomic E-state index is 12.4. The number of ketones is 1. The second kappa shape index (κ2) is 3.92. The zero-order chi connectivity index (χ0) is 13.8. The molecule has 3 nitrogen and oxygen atoms in total. The number of anilines is 1. The Balaban J connectivity index is 1.90. The van der Waals surface area contributed by atoms with Gasteiger partial charge in [0.2, 0.25) is 5.91 Å². The van der Waals surface area contributed by atoms with Crippen molar-refractivity contribution in [2.75, 3.05) is 11.9 Å². The molecular weight excluding hydrogens is 238 g/mol. The number of rotatable bonds is 2. The van der Waals surface area contributed by atoms with E-state index in [2.05, 4.69) is 13.8 Å². The Kier molecular flexibility index (Phi) is 2.56. The maximum Gasteiger partial charge on any atom is 0.227 e. The van der Waals surface area contributed by atoms with E-state index >= 15 is 0 Å². The summed E-state index contributed by atoms with van der Waals surface area (Å²) in [4.78, 5) is 25.7. The van der Waals surface area contributed by atoms with E-state index in [9.17, 15) is 9.59 Å². The minimum absolute atomic E-state index is 0.148. The fourth-order valence-corrected chi connectivity index (χ4v) is 2.93. The van der Waals surface area contributed by atoms with E-state index in [-0.39, 0.29) is 23.0 Å². The summed E-state index contributed by atoms with van der Waals surface area (Å²) in [7, 11) is 1.80. The molecule has 1 heterocycles. The molecular formula is C16H19NO2. The van der Waals surface area contributed by atoms with Gasteiger partial charge in [0.25, 0.3) is 0 Å². The molecule has 0 radical (unpaired) electrons. The van der Waals surface area contributed by atoms with Crippen LogP contribution < -0.4 is 4.90 Å². The first-order valence-electron chi connectivity index (χ1n) is 6.84. The van der Waals surface area contributed by atoms with Gasteiger partial charge in [-0.3, -0.25) is 9.59 Å². The van der Waals surface area contributed by atoms with Crippen LogP contribution in [0.5, 0.6) is 0 Å². The highest BCUT2D eigenvalue weighted by atomic mass is 16.2. The summed E-state index contributed by atoms with van der Waals surface area (Å²) in [5, 5.41) is 0. The van der Waals surface area contributed by atoms with Gasteiger partial charge in [0.05, 0.1) is 0 Å². The number of hydrogen-bond acceptors (Lipinski definition) is 2. The Labute approximate surface area is 113 Å². The average molecular weight is 257 g/mol. The molecule has 0 saturated heterocycles. The molecule has 0 bridgehead atoms. The van der Waals surface area contributed by atoms with Crippen LogP contribution in [0, 0.1) is 11.3 Å². The smallest absolute Gasteiger partial charge is 0.227 e. The van der Waals surface area contributed by atoms with Gasteiger partial charge in [0.1, 0.15) is 0 Å². The minimum Gasteiger partial charge on any atom is -0.315 e. The lowest BCUT2D eigenvalue weighted by Gasteiger charge is -2.26. The van der Waals surface area contributed by atoms with Crippen LogP contribution in [0.15, 0.2) is 18.2 Å². The van der Waals surface area contributed by atoms with Gasteiger partial charge in [0, 0.05) is 30.6 Å². The van der Waals surface area contributed by atoms with Gasteiger partial charge in [-0.25, -0.2) is 0 Å². The third-order valence-corrected chi connectivity index (χ3v) is 4.54. The van der Waals surface area contributed by atoms with Crippen molar-refractivity contribution in [1.82, 2.24) is 0 Å². The quantitative estimate of drug-likeness (QED) is 0.764. The van der Waals surface area contributed by atoms with Gasteiger partial charge in [0.15, 0.2) is 5.78 Å². The summed E-state index contributed by atoms with van der Waals surface area (Å²) in [6, 6.07) is 5.76. The standard InChI is InChI=1S/C16H19NO2/c1-16(2)9-12(16)15(19)11-4-6-13-10(8-11)5-7-14(18)17(13)3/h4,6,8,12H,5,7,9H2,1-3H3. The van der Waals surface area contributed by atoms with Crippen molar-refractivity contribution in [1.29, 1.82) is 0 Å². The Morgan fingerprint density at radius 3 is 2.63 bits per heavy atom. The third-order valence-electron chi connectivity index (χ3n) is 4.54. The lowest BCUT2D eigenvalue weighted by atomic mass is 9.95. The fraction of sp³-hybridized carbons (Fsp3) is 0.500. The molecule has 1 atom stereocenters. The van der Waals surface area contributed by atoms with Crippen molar-refractivity contribution < 1.29 is 9.59 Å². The second-order valence-electron chi connectivity index (χ2n) is 6.41. The normalized spacial score (nSPS) is 24.1. The lowest BCUT2D eigenvalue weighted by molar-refractivity contribution is -0.118. The van der Waals surface area contributed by atoms with Crippen molar-refractivity contribution in [2.45, 2.75) is 33.1 Å². The second-order valence-corrected chi connectivity index (χ2v) is 6.41. The molecule has 1 amide bonds. The zero-order valence-corrected chi connectivity index (χ0v) is 11.7. The molecule has 1 aromatic rings. The van der Waals surface area contributed by atoms with Crippen molar-refractivity contribution in [3.63, 3.8) is 0 Å². The molecule has 1 saturated carbocycles. The molecule has 0 N–H and O–H groups in total. The number of amides is 1. The highest BCUT2D eigenvalue weighted by molar-refractivity contribution is 6.02. The number of fused-ring (bicyclic) bond motifs is 1. The fourth-order valence-electron chi connectivity index (χ4n) is 2.93. The number of nitrogens with zero attached hydrogens (tertiary/aromatic N) is 1. The summed E-state index contributed by atoms with van der Waals surface area (Å²) < 4.78 is 0. The molecule has 3 rings (SSSR count). The number of aryl methyl sites for hydroxylation is 1. The molecule has 2 aliphatic rings. The Morgan fingerprint density at radius 2 is 2.00 bits per heavy atom. The van der Waals surface area contributed by atoms with Crippen LogP contribution in [-0.4, -0.2) is 18.7 Å². The molecule has 0 spiro atoms. The summed E-state index contributed by atoms with van der Waals surface area (Å²) in [5.74, 6) is 0.579. The van der Waals surface area contributed by atoms with Crippen LogP contribution >= 0.6 is 0 Å². The molecule has 3 heteroatoms. The van der Waals surface area contributed by atoms with E-state index in [1.807, 2.05) is 18.2 Å². The number of carbonyl (C=O) groups is 2. The summed E-state index contributed by atoms with van der Waals surface area (Å²) in [6.45, 7) is 4.28. The Bertz CT molecular complexity index is 574. The molecule has 1 aliphatic carbocycles. The molecule has 1 aliphatic heterocycles. The molecule has 1 aromatic carbocycles. The SMILES string of the molecule is CN1C(=O)CCc2cc(C(=O)C3CC3(C)C)ccc21. The predicted molar refractivity (Wildman–Crippen MR) is 74.4 cm³/mol. The van der Waals surface area contributed by atoms with Gasteiger partial charge in [-0.2, -0.15) is 0 Å². The number of benzene rings is 1. The van der Waals surface area contributed by atoms with Crippen LogP contribution in [0.1, 0.15) is 42.6 Å². The summed E-state index contributed by atoms with van der Waals surface area (Å²) in [5.41, 5.74) is 3.03. The highest BCUT2D eigenvalue weighted by Gasteiger charge is 2.50. The summed E-state index contributed by atoms with van der Waals surface area (Å²) >= 11 is 0. The van der Waals surface area contributed by atoms with E-state index in [0.717, 1.165) is 29.7 Å². The number of Topliss-reactive ketones (excluding diaryl/α,β-unsaturated/α-hetero) is 1. The van der Waals surface area contributed by atoms with E-state index in [1.54, 1.807) is 11.9 Å². The van der Waals surface area contributed by atoms with E-state index < -0.39 is 0 Å². The van der Waals surface area contributed by atoms with Crippen molar-refractivity contribution in [3.8, 4) is 0 Å². The van der Waals surface area contributed by atoms with Crippen LogP contribution in [0.4, 0.5) is 5.69 Å². The third kappa shape index (κ3) is 1.97. The lowest BCUT2D eigenvalue weighted by Crippen LogP contribution is -2.31. The zero-order valence-electron chi connectivity index (χ0n) is 11.7. The Hall–Kier alpha value is -1.64. The molecule has 0 aromatic heterocycles. The molecule has 19 heavy (non-hydrogen) atoms. The van der Waals surface area contributed by atoms with Gasteiger partial charge in [-0.1, -0.05) is 13.8 Å². The number of hydrogen-bond donors (Lipinski definition) is 0. The van der Waals surface area contributed by atoms with Crippen LogP contribution in [0.25, 0.3) is 0 Å². The van der Waals surface area contributed by atoms with Gasteiger partial charge in [-0.05, 0) is 42.0 Å². The first-order chi connectivity index (χ1) is 8.90. The van der Waals surface area contributed by atoms with Crippen molar-refractivity contribution in [3.05, 3.63) is 29.3 Å². The van der Waals surface area contributed by atoms with Crippen LogP contribution in [0.2, 0.25) is 0 Å². The first kappa shape index (κ1) is 12.4. The molecule has 100 valence electrons. The monoisotopic (exact) mass is 257 g/mol. The van der Waals surface area contributed by atoms with E-state index in [1.165, 1.54) is 0 Å². The minimum atomic E-state index is 0.148. The number of carbonyl (C=O) groups excluding carboxylic acids is 2. The van der Waals surface area contributed by atoms with E-state index in [0.29, 0.717) is 6.42 Å². The largest absolute Gasteiger partial charge is 0.315 e. The van der Waals surface area contributed by atoms with Crippen LogP contribution in [0.3, 0.4) is 0 Å². The molecule has 1 fully saturated rings. The van der Waals surface area contributed by atoms with Crippen molar-refractivity contribution in [2.24, 2.45) is 11.3 Å². The van der Waals surface area contributed by atoms with Crippen molar-refractivity contribution >= 4 is 17.4 Å². The molecule has 1 unspecified atom stereocenters. The average Bonchev–Trinajstić information content (AvgIpc) is 3.02. The Morgan fingerprint density at radius 1 is 1.32 bits per heavy atom. The maximum atomic E-state index is 12.4. The first-order valence-corrected chi connectivity index (χ1v) is 6.84. The summed E-state index contributed by atoms with van der Waals surface area (Å²) in [6.07, 6.45) is 2.27. The predicted octanol–water partition coefficient (Wildman–Crippen LogP) is 2.82. The highest BCUT2D eigenvalue weighted by Crippen LogP contribution is 2.53.